The van der Waals surface area contributed by atoms with E-state index in [1.54, 1.807) is 0 Å². The Hall–Kier alpha value is -0.850. The van der Waals surface area contributed by atoms with Gasteiger partial charge >= 0.3 is 6.03 Å². The minimum absolute atomic E-state index is 0.0518. The number of nitrogens with zero attached hydrogens (tertiary/aromatic N) is 2. The fourth-order valence-corrected chi connectivity index (χ4v) is 3.59. The Kier molecular flexibility index (Phi) is 4.43. The number of fused-ring (bicyclic) bond motifs is 3. The van der Waals surface area contributed by atoms with Gasteiger partial charge in [0.05, 0.1) is 6.10 Å². The monoisotopic (exact) mass is 282 g/mol. The Morgan fingerprint density at radius 2 is 1.80 bits per heavy atom. The molecule has 4 rings (SSSR count). The molecule has 6 nitrogen and oxygen atoms in total. The number of urea groups is 1. The maximum atomic E-state index is 11.9. The van der Waals surface area contributed by atoms with E-state index >= 15 is 0 Å². The summed E-state index contributed by atoms with van der Waals surface area (Å²) in [5, 5.41) is 15.5. The SMILES string of the molecule is O=C(NCC1CN2CCN1CC2)NC1CCC(O)CC1. The van der Waals surface area contributed by atoms with Crippen LogP contribution in [-0.2, 0) is 0 Å². The zero-order chi connectivity index (χ0) is 13.9. The van der Waals surface area contributed by atoms with E-state index in [2.05, 4.69) is 20.4 Å². The molecule has 1 unspecified atom stereocenters. The Morgan fingerprint density at radius 1 is 1.10 bits per heavy atom. The van der Waals surface area contributed by atoms with Gasteiger partial charge in [-0.15, -0.1) is 0 Å². The topological polar surface area (TPSA) is 67.8 Å². The lowest BCUT2D eigenvalue weighted by atomic mass is 9.93. The van der Waals surface area contributed by atoms with Crippen molar-refractivity contribution >= 4 is 6.03 Å². The largest absolute Gasteiger partial charge is 0.393 e. The Balaban J connectivity index is 1.37. The van der Waals surface area contributed by atoms with Crippen LogP contribution in [0.25, 0.3) is 0 Å². The number of aliphatic hydroxyl groups is 1. The van der Waals surface area contributed by atoms with Crippen molar-refractivity contribution in [3.63, 3.8) is 0 Å². The molecule has 4 aliphatic rings. The number of nitrogens with one attached hydrogen (secondary N) is 2. The average Bonchev–Trinajstić information content (AvgIpc) is 2.49. The van der Waals surface area contributed by atoms with E-state index in [-0.39, 0.29) is 18.2 Å². The molecule has 0 aromatic rings. The van der Waals surface area contributed by atoms with Crippen molar-refractivity contribution in [2.45, 2.75) is 43.9 Å². The van der Waals surface area contributed by atoms with Crippen molar-refractivity contribution in [2.24, 2.45) is 0 Å². The highest BCUT2D eigenvalue weighted by molar-refractivity contribution is 5.74. The zero-order valence-corrected chi connectivity index (χ0v) is 12.1. The van der Waals surface area contributed by atoms with Crippen LogP contribution in [0, 0.1) is 0 Å². The maximum Gasteiger partial charge on any atom is 0.315 e. The van der Waals surface area contributed by atoms with Crippen molar-refractivity contribution in [1.29, 1.82) is 0 Å². The number of piperazine rings is 3. The van der Waals surface area contributed by atoms with Crippen LogP contribution in [-0.4, -0.2) is 78.4 Å². The summed E-state index contributed by atoms with van der Waals surface area (Å²) in [5.41, 5.74) is 0. The predicted molar refractivity (Wildman–Crippen MR) is 76.6 cm³/mol. The number of hydrogen-bond acceptors (Lipinski definition) is 4. The molecule has 1 saturated carbocycles. The van der Waals surface area contributed by atoms with Crippen LogP contribution in [0.1, 0.15) is 25.7 Å². The van der Waals surface area contributed by atoms with Gasteiger partial charge < -0.3 is 15.7 Å². The Bertz CT molecular complexity index is 336. The van der Waals surface area contributed by atoms with Gasteiger partial charge in [0, 0.05) is 51.4 Å². The van der Waals surface area contributed by atoms with Crippen LogP contribution < -0.4 is 10.6 Å². The number of carbonyl (C=O) groups excluding carboxylic acids is 1. The Labute approximate surface area is 120 Å². The molecule has 3 saturated heterocycles. The highest BCUT2D eigenvalue weighted by Crippen LogP contribution is 2.18. The third-order valence-electron chi connectivity index (χ3n) is 4.92. The van der Waals surface area contributed by atoms with Gasteiger partial charge in [-0.25, -0.2) is 4.79 Å². The lowest BCUT2D eigenvalue weighted by Gasteiger charge is -2.47. The first kappa shape index (κ1) is 14.1. The van der Waals surface area contributed by atoms with Crippen LogP contribution in [0.3, 0.4) is 0 Å². The van der Waals surface area contributed by atoms with Gasteiger partial charge in [-0.3, -0.25) is 9.80 Å². The van der Waals surface area contributed by atoms with Crippen LogP contribution in [0.4, 0.5) is 4.79 Å². The van der Waals surface area contributed by atoms with Crippen molar-refractivity contribution in [2.75, 3.05) is 39.3 Å². The molecule has 1 aliphatic carbocycles. The fourth-order valence-electron chi connectivity index (χ4n) is 3.59. The number of aliphatic hydroxyl groups excluding tert-OH is 1. The third kappa shape index (κ3) is 3.42. The molecular weight excluding hydrogens is 256 g/mol. The van der Waals surface area contributed by atoms with Crippen molar-refractivity contribution in [3.05, 3.63) is 0 Å². The molecule has 20 heavy (non-hydrogen) atoms. The van der Waals surface area contributed by atoms with E-state index in [0.717, 1.165) is 51.9 Å². The summed E-state index contributed by atoms with van der Waals surface area (Å²) in [6, 6.07) is 0.644. The maximum absolute atomic E-state index is 11.9. The summed E-state index contributed by atoms with van der Waals surface area (Å²) >= 11 is 0. The molecule has 1 atom stereocenters. The molecule has 2 bridgehead atoms. The third-order valence-corrected chi connectivity index (χ3v) is 4.92. The van der Waals surface area contributed by atoms with Gasteiger partial charge in [0.2, 0.25) is 0 Å². The number of hydrogen-bond donors (Lipinski definition) is 3. The summed E-state index contributed by atoms with van der Waals surface area (Å²) in [4.78, 5) is 16.9. The van der Waals surface area contributed by atoms with Crippen LogP contribution in [0.2, 0.25) is 0 Å². The van der Waals surface area contributed by atoms with E-state index in [9.17, 15) is 9.90 Å². The van der Waals surface area contributed by atoms with Gasteiger partial charge in [0.25, 0.3) is 0 Å². The standard InChI is InChI=1S/C14H26N4O2/c19-13-3-1-11(2-4-13)16-14(20)15-9-12-10-17-5-7-18(12)8-6-17/h11-13,19H,1-10H2,(H2,15,16,20). The summed E-state index contributed by atoms with van der Waals surface area (Å²) < 4.78 is 0. The molecule has 0 radical (unpaired) electrons. The van der Waals surface area contributed by atoms with E-state index in [1.165, 1.54) is 13.1 Å². The summed E-state index contributed by atoms with van der Waals surface area (Å²) in [6.45, 7) is 6.43. The summed E-state index contributed by atoms with van der Waals surface area (Å²) in [5.74, 6) is 0. The first-order chi connectivity index (χ1) is 9.70. The molecule has 0 spiro atoms. The van der Waals surface area contributed by atoms with Gasteiger partial charge in [-0.2, -0.15) is 0 Å². The molecule has 3 N–H and O–H groups in total. The number of carbonyl (C=O) groups is 1. The highest BCUT2D eigenvalue weighted by Gasteiger charge is 2.31. The van der Waals surface area contributed by atoms with Crippen molar-refractivity contribution in [1.82, 2.24) is 20.4 Å². The van der Waals surface area contributed by atoms with Gasteiger partial charge in [0.15, 0.2) is 0 Å². The predicted octanol–water partition coefficient (Wildman–Crippen LogP) is -0.411. The molecule has 6 heteroatoms. The molecular formula is C14H26N4O2. The van der Waals surface area contributed by atoms with Gasteiger partial charge in [0.1, 0.15) is 0 Å². The van der Waals surface area contributed by atoms with Gasteiger partial charge in [-0.1, -0.05) is 0 Å². The van der Waals surface area contributed by atoms with Crippen LogP contribution in [0.5, 0.6) is 0 Å². The molecule has 3 aliphatic heterocycles. The second-order valence-electron chi connectivity index (χ2n) is 6.35. The molecule has 3 heterocycles. The molecule has 0 aromatic heterocycles. The van der Waals surface area contributed by atoms with E-state index in [4.69, 9.17) is 0 Å². The van der Waals surface area contributed by atoms with E-state index in [1.807, 2.05) is 0 Å². The number of amides is 2. The smallest absolute Gasteiger partial charge is 0.315 e. The molecule has 0 aromatic carbocycles. The minimum Gasteiger partial charge on any atom is -0.393 e. The van der Waals surface area contributed by atoms with Crippen molar-refractivity contribution in [3.8, 4) is 0 Å². The minimum atomic E-state index is -0.171. The summed E-state index contributed by atoms with van der Waals surface area (Å²) in [7, 11) is 0. The van der Waals surface area contributed by atoms with Gasteiger partial charge in [-0.05, 0) is 25.7 Å². The lowest BCUT2D eigenvalue weighted by molar-refractivity contribution is 0.0147. The zero-order valence-electron chi connectivity index (χ0n) is 12.1. The Morgan fingerprint density at radius 3 is 2.40 bits per heavy atom. The van der Waals surface area contributed by atoms with Crippen LogP contribution >= 0.6 is 0 Å². The first-order valence-corrected chi connectivity index (χ1v) is 7.89. The van der Waals surface area contributed by atoms with Crippen molar-refractivity contribution < 1.29 is 9.90 Å². The second-order valence-corrected chi connectivity index (χ2v) is 6.35. The fraction of sp³-hybridized carbons (Fsp3) is 0.929. The lowest BCUT2D eigenvalue weighted by Crippen LogP contribution is -2.64. The average molecular weight is 282 g/mol. The molecule has 2 amide bonds. The van der Waals surface area contributed by atoms with E-state index < -0.39 is 0 Å². The quantitative estimate of drug-likeness (QED) is 0.658. The second kappa shape index (κ2) is 6.28. The number of rotatable bonds is 3. The molecule has 114 valence electrons. The first-order valence-electron chi connectivity index (χ1n) is 7.89. The molecule has 4 fully saturated rings. The highest BCUT2D eigenvalue weighted by atomic mass is 16.3. The summed E-state index contributed by atoms with van der Waals surface area (Å²) in [6.07, 6.45) is 3.21. The normalized spacial score (nSPS) is 40.4. The van der Waals surface area contributed by atoms with E-state index in [0.29, 0.717) is 6.04 Å². The van der Waals surface area contributed by atoms with Crippen LogP contribution in [0.15, 0.2) is 0 Å².